The Balaban J connectivity index is 1.99. The van der Waals surface area contributed by atoms with E-state index in [0.29, 0.717) is 13.0 Å². The molecule has 0 bridgehead atoms. The van der Waals surface area contributed by atoms with E-state index >= 15 is 0 Å². The third kappa shape index (κ3) is 4.25. The highest BCUT2D eigenvalue weighted by molar-refractivity contribution is 7.60. The largest absolute Gasteiger partial charge is 0.510 e. The van der Waals surface area contributed by atoms with Gasteiger partial charge in [-0.2, -0.15) is 0 Å². The number of carbonyl (C=O) groups is 1. The molecule has 116 valence electrons. The lowest BCUT2D eigenvalue weighted by Gasteiger charge is -2.18. The van der Waals surface area contributed by atoms with Crippen LogP contribution in [-0.4, -0.2) is 36.0 Å². The van der Waals surface area contributed by atoms with Crippen molar-refractivity contribution < 1.29 is 28.3 Å². The number of nitrogens with one attached hydrogen (secondary N) is 1. The number of hydrogen-bond donors (Lipinski definition) is 2. The second-order valence-electron chi connectivity index (χ2n) is 4.30. The van der Waals surface area contributed by atoms with Gasteiger partial charge in [-0.3, -0.25) is 9.09 Å². The zero-order chi connectivity index (χ0) is 15.3. The van der Waals surface area contributed by atoms with Crippen LogP contribution in [0.3, 0.4) is 0 Å². The van der Waals surface area contributed by atoms with Crippen LogP contribution in [0.1, 0.15) is 18.2 Å². The average Bonchev–Trinajstić information content (AvgIpc) is 2.47. The highest BCUT2D eigenvalue weighted by Gasteiger charge is 2.27. The molecule has 8 nitrogen and oxygen atoms in total. The van der Waals surface area contributed by atoms with Crippen molar-refractivity contribution in [2.75, 3.05) is 19.9 Å². The standard InChI is InChI=1S/C12H17N2O6P/c1-2-18-12(15)19-8-20-21(16,17)11-4-3-9-7-13-6-5-10(9)14-11/h3-4,13H,2,5-8H2,1H3,(H,16,17). The van der Waals surface area contributed by atoms with Crippen LogP contribution in [0.4, 0.5) is 4.79 Å². The SMILES string of the molecule is CCOC(=O)OCOP(=O)(O)c1ccc2c(n1)CCNC2. The summed E-state index contributed by atoms with van der Waals surface area (Å²) in [4.78, 5) is 25.0. The molecule has 0 amide bonds. The van der Waals surface area contributed by atoms with Crippen LogP contribution in [0.5, 0.6) is 0 Å². The minimum atomic E-state index is -4.13. The van der Waals surface area contributed by atoms with Crippen molar-refractivity contribution in [3.05, 3.63) is 23.4 Å². The van der Waals surface area contributed by atoms with E-state index in [9.17, 15) is 14.3 Å². The molecule has 0 aromatic carbocycles. The maximum Gasteiger partial charge on any atom is 0.510 e. The molecule has 1 aromatic rings. The summed E-state index contributed by atoms with van der Waals surface area (Å²) in [6.45, 7) is 2.55. The van der Waals surface area contributed by atoms with E-state index < -0.39 is 20.5 Å². The van der Waals surface area contributed by atoms with Gasteiger partial charge in [0.25, 0.3) is 0 Å². The summed E-state index contributed by atoms with van der Waals surface area (Å²) < 4.78 is 25.8. The second kappa shape index (κ2) is 7.00. The molecule has 0 saturated heterocycles. The van der Waals surface area contributed by atoms with Crippen molar-refractivity contribution in [1.29, 1.82) is 0 Å². The van der Waals surface area contributed by atoms with Crippen LogP contribution in [0.15, 0.2) is 12.1 Å². The fraction of sp³-hybridized carbons (Fsp3) is 0.500. The number of pyridine rings is 1. The third-order valence-electron chi connectivity index (χ3n) is 2.86. The molecule has 1 aliphatic heterocycles. The van der Waals surface area contributed by atoms with Crippen molar-refractivity contribution >= 4 is 19.2 Å². The Morgan fingerprint density at radius 2 is 2.29 bits per heavy atom. The molecule has 1 aliphatic rings. The van der Waals surface area contributed by atoms with E-state index in [1.165, 1.54) is 6.07 Å². The maximum absolute atomic E-state index is 12.1. The van der Waals surface area contributed by atoms with Gasteiger partial charge in [0, 0.05) is 25.2 Å². The monoisotopic (exact) mass is 316 g/mol. The quantitative estimate of drug-likeness (QED) is 0.464. The number of rotatable bonds is 5. The number of ether oxygens (including phenoxy) is 2. The first-order chi connectivity index (χ1) is 10.0. The lowest BCUT2D eigenvalue weighted by molar-refractivity contribution is 0.00455. The maximum atomic E-state index is 12.1. The summed E-state index contributed by atoms with van der Waals surface area (Å²) in [5, 5.41) is 3.18. The van der Waals surface area contributed by atoms with Crippen molar-refractivity contribution in [2.24, 2.45) is 0 Å². The van der Waals surface area contributed by atoms with Gasteiger partial charge in [0.05, 0.1) is 6.61 Å². The number of fused-ring (bicyclic) bond motifs is 1. The van der Waals surface area contributed by atoms with Crippen LogP contribution >= 0.6 is 7.60 Å². The molecular formula is C12H17N2O6P. The van der Waals surface area contributed by atoms with Crippen molar-refractivity contribution in [1.82, 2.24) is 10.3 Å². The van der Waals surface area contributed by atoms with Crippen LogP contribution in [0.25, 0.3) is 0 Å². The number of hydrogen-bond acceptors (Lipinski definition) is 7. The fourth-order valence-electron chi connectivity index (χ4n) is 1.85. The molecule has 2 heterocycles. The molecule has 1 atom stereocenters. The molecule has 9 heteroatoms. The van der Waals surface area contributed by atoms with E-state index in [0.717, 1.165) is 17.8 Å². The van der Waals surface area contributed by atoms with Crippen LogP contribution in [-0.2, 0) is 31.5 Å². The highest BCUT2D eigenvalue weighted by Crippen LogP contribution is 2.40. The summed E-state index contributed by atoms with van der Waals surface area (Å²) in [6, 6.07) is 3.18. The van der Waals surface area contributed by atoms with Gasteiger partial charge in [0.2, 0.25) is 6.79 Å². The lowest BCUT2D eigenvalue weighted by Crippen LogP contribution is -2.27. The zero-order valence-electron chi connectivity index (χ0n) is 11.6. The minimum absolute atomic E-state index is 0.0596. The Morgan fingerprint density at radius 1 is 1.48 bits per heavy atom. The highest BCUT2D eigenvalue weighted by atomic mass is 31.2. The molecule has 0 fully saturated rings. The van der Waals surface area contributed by atoms with E-state index in [1.807, 2.05) is 0 Å². The van der Waals surface area contributed by atoms with Gasteiger partial charge in [0.1, 0.15) is 0 Å². The van der Waals surface area contributed by atoms with Crippen molar-refractivity contribution in [3.8, 4) is 0 Å². The normalized spacial score (nSPS) is 16.7. The molecular weight excluding hydrogens is 299 g/mol. The Bertz CT molecular complexity index is 565. The summed E-state index contributed by atoms with van der Waals surface area (Å²) in [5.41, 5.74) is 1.71. The second-order valence-corrected chi connectivity index (χ2v) is 6.05. The van der Waals surface area contributed by atoms with E-state index in [1.54, 1.807) is 13.0 Å². The Morgan fingerprint density at radius 3 is 3.05 bits per heavy atom. The fourth-order valence-corrected chi connectivity index (χ4v) is 2.69. The van der Waals surface area contributed by atoms with E-state index in [-0.39, 0.29) is 12.0 Å². The smallest absolute Gasteiger partial charge is 0.435 e. The first-order valence-corrected chi connectivity index (χ1v) is 8.07. The number of carbonyl (C=O) groups excluding carboxylic acids is 1. The minimum Gasteiger partial charge on any atom is -0.435 e. The van der Waals surface area contributed by atoms with Crippen LogP contribution in [0, 0.1) is 0 Å². The lowest BCUT2D eigenvalue weighted by atomic mass is 10.1. The summed E-state index contributed by atoms with van der Waals surface area (Å²) in [6.07, 6.45) is -0.273. The molecule has 21 heavy (non-hydrogen) atoms. The molecule has 2 N–H and O–H groups in total. The van der Waals surface area contributed by atoms with Crippen LogP contribution in [0.2, 0.25) is 0 Å². The van der Waals surface area contributed by atoms with Gasteiger partial charge in [0.15, 0.2) is 5.44 Å². The van der Waals surface area contributed by atoms with Gasteiger partial charge in [-0.15, -0.1) is 0 Å². The summed E-state index contributed by atoms with van der Waals surface area (Å²) in [7, 11) is -4.13. The van der Waals surface area contributed by atoms with Gasteiger partial charge in [-0.25, -0.2) is 9.78 Å². The van der Waals surface area contributed by atoms with E-state index in [4.69, 9.17) is 4.52 Å². The molecule has 1 unspecified atom stereocenters. The van der Waals surface area contributed by atoms with Gasteiger partial charge in [-0.05, 0) is 18.6 Å². The van der Waals surface area contributed by atoms with Crippen LogP contribution < -0.4 is 10.8 Å². The number of nitrogens with zero attached hydrogens (tertiary/aromatic N) is 1. The summed E-state index contributed by atoms with van der Waals surface area (Å²) in [5.74, 6) is 0. The molecule has 1 aromatic heterocycles. The Hall–Kier alpha value is -1.47. The molecule has 0 radical (unpaired) electrons. The third-order valence-corrected chi connectivity index (χ3v) is 4.15. The van der Waals surface area contributed by atoms with Crippen molar-refractivity contribution in [2.45, 2.75) is 19.9 Å². The Kier molecular flexibility index (Phi) is 5.30. The van der Waals surface area contributed by atoms with Gasteiger partial charge >= 0.3 is 13.8 Å². The molecule has 2 rings (SSSR count). The number of aromatic nitrogens is 1. The molecule has 0 saturated carbocycles. The van der Waals surface area contributed by atoms with Gasteiger partial charge < -0.3 is 19.7 Å². The predicted octanol–water partition coefficient (Wildman–Crippen LogP) is 0.685. The topological polar surface area (TPSA) is 107 Å². The predicted molar refractivity (Wildman–Crippen MR) is 73.2 cm³/mol. The molecule has 0 spiro atoms. The molecule has 0 aliphatic carbocycles. The first-order valence-electron chi connectivity index (χ1n) is 6.50. The zero-order valence-corrected chi connectivity index (χ0v) is 12.5. The average molecular weight is 316 g/mol. The summed E-state index contributed by atoms with van der Waals surface area (Å²) >= 11 is 0. The van der Waals surface area contributed by atoms with E-state index in [2.05, 4.69) is 19.8 Å². The van der Waals surface area contributed by atoms with Crippen molar-refractivity contribution in [3.63, 3.8) is 0 Å². The van der Waals surface area contributed by atoms with Gasteiger partial charge in [-0.1, -0.05) is 6.07 Å². The first kappa shape index (κ1) is 15.9. The Labute approximate surface area is 122 Å².